The van der Waals surface area contributed by atoms with E-state index in [0.717, 1.165) is 12.2 Å². The predicted octanol–water partition coefficient (Wildman–Crippen LogP) is 0.444. The van der Waals surface area contributed by atoms with Crippen molar-refractivity contribution < 1.29 is 38.9 Å². The van der Waals surface area contributed by atoms with Gasteiger partial charge in [-0.2, -0.15) is 11.8 Å². The van der Waals surface area contributed by atoms with Gasteiger partial charge in [-0.15, -0.1) is 0 Å². The van der Waals surface area contributed by atoms with Crippen LogP contribution in [0.1, 0.15) is 12.8 Å². The third kappa shape index (κ3) is 37.1. The molecule has 0 heterocycles. The van der Waals surface area contributed by atoms with E-state index in [1.807, 2.05) is 0 Å². The van der Waals surface area contributed by atoms with E-state index in [-0.39, 0.29) is 36.7 Å². The number of rotatable bonds is 8. The molecular formula is C14H24O8SSn. The molecule has 2 radical (unpaired) electrons. The third-order valence-electron chi connectivity index (χ3n) is 1.66. The van der Waals surface area contributed by atoms with Crippen molar-refractivity contribution in [2.75, 3.05) is 25.7 Å². The molecule has 0 spiro atoms. The van der Waals surface area contributed by atoms with E-state index >= 15 is 0 Å². The van der Waals surface area contributed by atoms with E-state index < -0.39 is 23.9 Å². The van der Waals surface area contributed by atoms with Gasteiger partial charge in [0.25, 0.3) is 0 Å². The number of methoxy groups -OCH3 is 2. The van der Waals surface area contributed by atoms with Gasteiger partial charge in [-0.3, -0.25) is 9.59 Å². The van der Waals surface area contributed by atoms with E-state index in [9.17, 15) is 19.2 Å². The molecule has 0 atom stereocenters. The molecule has 0 amide bonds. The van der Waals surface area contributed by atoms with E-state index in [1.165, 1.54) is 26.0 Å². The van der Waals surface area contributed by atoms with E-state index in [4.69, 9.17) is 10.2 Å². The van der Waals surface area contributed by atoms with E-state index in [2.05, 4.69) is 22.6 Å². The number of carboxylic acid groups (broad SMARTS) is 2. The van der Waals surface area contributed by atoms with Crippen LogP contribution in [0.4, 0.5) is 0 Å². The summed E-state index contributed by atoms with van der Waals surface area (Å²) in [5.74, 6) is -1.49. The van der Waals surface area contributed by atoms with Crippen LogP contribution in [0.2, 0.25) is 0 Å². The van der Waals surface area contributed by atoms with Gasteiger partial charge in [0.05, 0.1) is 27.1 Å². The van der Waals surface area contributed by atoms with Crippen LogP contribution in [-0.4, -0.2) is 83.7 Å². The first kappa shape index (κ1) is 30.4. The first-order valence-corrected chi connectivity index (χ1v) is 7.32. The zero-order chi connectivity index (χ0) is 18.7. The second-order valence-corrected chi connectivity index (χ2v) is 4.58. The summed E-state index contributed by atoms with van der Waals surface area (Å²) in [5, 5.41) is 16.4. The Balaban J connectivity index is -0.000000132. The summed E-state index contributed by atoms with van der Waals surface area (Å²) < 4.78 is 8.28. The fraction of sp³-hybridized carbons (Fsp3) is 0.429. The van der Waals surface area contributed by atoms with Gasteiger partial charge in [0.2, 0.25) is 0 Å². The quantitative estimate of drug-likeness (QED) is 0.225. The van der Waals surface area contributed by atoms with Crippen LogP contribution < -0.4 is 0 Å². The van der Waals surface area contributed by atoms with Gasteiger partial charge < -0.3 is 19.7 Å². The molecule has 0 aliphatic carbocycles. The van der Waals surface area contributed by atoms with Gasteiger partial charge in [0, 0.05) is 23.7 Å². The van der Waals surface area contributed by atoms with Crippen molar-refractivity contribution in [3.8, 4) is 0 Å². The Bertz CT molecular complexity index is 362. The third-order valence-corrected chi connectivity index (χ3v) is 2.64. The van der Waals surface area contributed by atoms with Crippen LogP contribution in [0.25, 0.3) is 0 Å². The molecule has 0 aromatic rings. The van der Waals surface area contributed by atoms with Crippen molar-refractivity contribution in [3.63, 3.8) is 0 Å². The van der Waals surface area contributed by atoms with Crippen molar-refractivity contribution >= 4 is 59.5 Å². The Morgan fingerprint density at radius 1 is 0.875 bits per heavy atom. The molecule has 10 heteroatoms. The second kappa shape index (κ2) is 23.8. The van der Waals surface area contributed by atoms with Crippen LogP contribution in [0.3, 0.4) is 0 Å². The van der Waals surface area contributed by atoms with Gasteiger partial charge >= 0.3 is 47.8 Å². The number of aliphatic carboxylic acids is 2. The molecule has 0 aliphatic heterocycles. The molecule has 138 valence electrons. The average molecular weight is 471 g/mol. The van der Waals surface area contributed by atoms with Crippen molar-refractivity contribution in [3.05, 3.63) is 25.3 Å². The summed E-state index contributed by atoms with van der Waals surface area (Å²) in [6.07, 6.45) is 2.43. The summed E-state index contributed by atoms with van der Waals surface area (Å²) in [5.41, 5.74) is 0. The molecular weight excluding hydrogens is 447 g/mol. The van der Waals surface area contributed by atoms with Crippen LogP contribution in [0, 0.1) is 0 Å². The Kier molecular flexibility index (Phi) is 30.1. The maximum absolute atomic E-state index is 9.97. The van der Waals surface area contributed by atoms with Gasteiger partial charge in [-0.1, -0.05) is 13.2 Å². The Morgan fingerprint density at radius 2 is 1.17 bits per heavy atom. The molecule has 8 nitrogen and oxygen atoms in total. The van der Waals surface area contributed by atoms with Gasteiger partial charge in [-0.25, -0.2) is 9.59 Å². The summed E-state index contributed by atoms with van der Waals surface area (Å²) in [4.78, 5) is 39.6. The summed E-state index contributed by atoms with van der Waals surface area (Å²) >= 11 is 1.35. The monoisotopic (exact) mass is 472 g/mol. The summed E-state index contributed by atoms with van der Waals surface area (Å²) in [6.45, 7) is 6.31. The number of carbonyl (C=O) groups is 4. The zero-order valence-electron chi connectivity index (χ0n) is 13.9. The fourth-order valence-corrected chi connectivity index (χ4v) is 1.43. The van der Waals surface area contributed by atoms with Gasteiger partial charge in [-0.05, 0) is 0 Å². The molecule has 0 aromatic heterocycles. The fourth-order valence-electron chi connectivity index (χ4n) is 0.588. The first-order chi connectivity index (χ1) is 10.7. The molecule has 0 fully saturated rings. The molecule has 2 N–H and O–H groups in total. The Hall–Kier alpha value is -1.49. The number of hydrogen-bond acceptors (Lipinski definition) is 7. The Labute approximate surface area is 162 Å². The first-order valence-electron chi connectivity index (χ1n) is 6.17. The number of esters is 2. The van der Waals surface area contributed by atoms with Crippen LogP contribution in [0.5, 0.6) is 0 Å². The standard InChI is InChI=1S/C6H10O4S.2C4H6O2.Sn.2H/c7-5(8)1-3-11-4-2-6(9)10;2*1-3-4(5)6-2;;;/h1-4H2,(H,7,8)(H,9,10);2*3H,1H2,2H3;;;. The topological polar surface area (TPSA) is 127 Å². The molecule has 24 heavy (non-hydrogen) atoms. The molecule has 0 rings (SSSR count). The van der Waals surface area contributed by atoms with Crippen molar-refractivity contribution in [2.24, 2.45) is 0 Å². The van der Waals surface area contributed by atoms with Crippen molar-refractivity contribution in [1.82, 2.24) is 0 Å². The van der Waals surface area contributed by atoms with Crippen LogP contribution in [-0.2, 0) is 28.7 Å². The van der Waals surface area contributed by atoms with Crippen molar-refractivity contribution in [1.29, 1.82) is 0 Å². The minimum atomic E-state index is -0.840. The normalized spacial score (nSPS) is 7.75. The molecule has 0 unspecified atom stereocenters. The average Bonchev–Trinajstić information content (AvgIpc) is 2.53. The summed E-state index contributed by atoms with van der Waals surface area (Å²) in [6, 6.07) is 0. The molecule has 0 saturated heterocycles. The van der Waals surface area contributed by atoms with Crippen LogP contribution in [0.15, 0.2) is 25.3 Å². The predicted molar refractivity (Wildman–Crippen MR) is 94.8 cm³/mol. The maximum atomic E-state index is 9.97. The molecule has 0 saturated carbocycles. The molecule has 0 bridgehead atoms. The van der Waals surface area contributed by atoms with Crippen molar-refractivity contribution in [2.45, 2.75) is 12.8 Å². The number of ether oxygens (including phenoxy) is 2. The number of carbonyl (C=O) groups excluding carboxylic acids is 2. The van der Waals surface area contributed by atoms with E-state index in [1.54, 1.807) is 0 Å². The number of carboxylic acids is 2. The molecule has 0 aromatic carbocycles. The number of thioether (sulfide) groups is 1. The molecule has 0 aliphatic rings. The van der Waals surface area contributed by atoms with E-state index in [0.29, 0.717) is 11.5 Å². The second-order valence-electron chi connectivity index (χ2n) is 3.35. The SMILES string of the molecule is C=CC(=O)OC.C=CC(=O)OC.O=C(O)CCSCCC(=O)O.[SnH2]. The summed E-state index contributed by atoms with van der Waals surface area (Å²) in [7, 11) is 2.62. The zero-order valence-corrected chi connectivity index (χ0v) is 18.7. The van der Waals surface area contributed by atoms with Gasteiger partial charge in [0.15, 0.2) is 0 Å². The van der Waals surface area contributed by atoms with Gasteiger partial charge in [0.1, 0.15) is 0 Å². The van der Waals surface area contributed by atoms with Crippen LogP contribution >= 0.6 is 11.8 Å². The number of hydrogen-bond donors (Lipinski definition) is 2. The minimum absolute atomic E-state index is 0. The Morgan fingerprint density at radius 3 is 1.29 bits per heavy atom.